The number of carbonyl (C=O) groups is 3. The molecule has 0 bridgehead atoms. The largest absolute Gasteiger partial charge is 0.347 e. The number of nitrogens with two attached hydrogens (primary N) is 1. The molecular formula is C9H15N3O3. The number of nitrogens with zero attached hydrogens (tertiary/aromatic N) is 1. The Bertz CT molecular complexity index is 290. The molecule has 0 radical (unpaired) electrons. The summed E-state index contributed by atoms with van der Waals surface area (Å²) < 4.78 is 0. The number of rotatable bonds is 3. The molecule has 1 atom stereocenters. The van der Waals surface area contributed by atoms with Crippen LogP contribution in [0.5, 0.6) is 0 Å². The van der Waals surface area contributed by atoms with Crippen LogP contribution < -0.4 is 11.1 Å². The van der Waals surface area contributed by atoms with E-state index in [0.717, 1.165) is 4.90 Å². The molecule has 1 aliphatic heterocycles. The first kappa shape index (κ1) is 11.6. The monoisotopic (exact) mass is 213 g/mol. The van der Waals surface area contributed by atoms with Crippen molar-refractivity contribution in [3.63, 3.8) is 0 Å². The van der Waals surface area contributed by atoms with Gasteiger partial charge in [0, 0.05) is 6.54 Å². The number of amides is 3. The molecule has 84 valence electrons. The van der Waals surface area contributed by atoms with Gasteiger partial charge in [0.05, 0.1) is 6.54 Å². The van der Waals surface area contributed by atoms with Gasteiger partial charge < -0.3 is 11.1 Å². The molecule has 0 aromatic rings. The van der Waals surface area contributed by atoms with Crippen molar-refractivity contribution in [3.8, 4) is 0 Å². The number of nitrogens with one attached hydrogen (secondary N) is 1. The zero-order chi connectivity index (χ0) is 11.4. The molecule has 3 amide bonds. The number of carbonyl (C=O) groups excluding carboxylic acids is 3. The van der Waals surface area contributed by atoms with Gasteiger partial charge in [0.15, 0.2) is 0 Å². The Morgan fingerprint density at radius 1 is 1.40 bits per heavy atom. The molecule has 1 aliphatic rings. The molecule has 0 saturated carbocycles. The van der Waals surface area contributed by atoms with Gasteiger partial charge in [0.25, 0.3) is 0 Å². The second-order valence-corrected chi connectivity index (χ2v) is 3.69. The molecule has 0 aromatic heterocycles. The summed E-state index contributed by atoms with van der Waals surface area (Å²) in [5.41, 5.74) is 5.41. The number of hydrogen-bond donors (Lipinski definition) is 2. The van der Waals surface area contributed by atoms with E-state index in [9.17, 15) is 14.4 Å². The van der Waals surface area contributed by atoms with Crippen LogP contribution in [-0.2, 0) is 14.4 Å². The SMILES string of the molecule is CC(CN)CN1C(=O)CNC(=O)CC1=O. The van der Waals surface area contributed by atoms with Crippen LogP contribution in [0.1, 0.15) is 13.3 Å². The van der Waals surface area contributed by atoms with Crippen molar-refractivity contribution in [3.05, 3.63) is 0 Å². The van der Waals surface area contributed by atoms with Crippen molar-refractivity contribution in [2.45, 2.75) is 13.3 Å². The molecule has 1 unspecified atom stereocenters. The van der Waals surface area contributed by atoms with E-state index < -0.39 is 11.8 Å². The van der Waals surface area contributed by atoms with E-state index in [1.54, 1.807) is 0 Å². The van der Waals surface area contributed by atoms with E-state index in [4.69, 9.17) is 5.73 Å². The lowest BCUT2D eigenvalue weighted by Crippen LogP contribution is -2.42. The maximum atomic E-state index is 11.5. The summed E-state index contributed by atoms with van der Waals surface area (Å²) in [6.07, 6.45) is -0.261. The standard InChI is InChI=1S/C9H15N3O3/c1-6(3-10)5-12-8(14)2-7(13)11-4-9(12)15/h6H,2-5,10H2,1H3,(H,11,13). The third-order valence-electron chi connectivity index (χ3n) is 2.25. The topological polar surface area (TPSA) is 92.5 Å². The van der Waals surface area contributed by atoms with Crippen LogP contribution in [0.15, 0.2) is 0 Å². The minimum atomic E-state index is -0.449. The van der Waals surface area contributed by atoms with Crippen molar-refractivity contribution in [2.75, 3.05) is 19.6 Å². The molecule has 1 saturated heterocycles. The molecule has 15 heavy (non-hydrogen) atoms. The quantitative estimate of drug-likeness (QED) is 0.439. The molecule has 6 nitrogen and oxygen atoms in total. The van der Waals surface area contributed by atoms with Gasteiger partial charge in [-0.25, -0.2) is 0 Å². The molecule has 1 rings (SSSR count). The summed E-state index contributed by atoms with van der Waals surface area (Å²) >= 11 is 0. The predicted octanol–water partition coefficient (Wildman–Crippen LogP) is -1.54. The van der Waals surface area contributed by atoms with Crippen molar-refractivity contribution >= 4 is 17.7 Å². The average Bonchev–Trinajstić information content (AvgIpc) is 2.31. The molecular weight excluding hydrogens is 198 g/mol. The molecule has 0 spiro atoms. The van der Waals surface area contributed by atoms with E-state index in [2.05, 4.69) is 5.32 Å². The summed E-state index contributed by atoms with van der Waals surface area (Å²) in [4.78, 5) is 35.1. The Morgan fingerprint density at radius 3 is 2.67 bits per heavy atom. The van der Waals surface area contributed by atoms with Crippen LogP contribution in [0.25, 0.3) is 0 Å². The molecule has 1 heterocycles. The minimum absolute atomic E-state index is 0.0473. The Kier molecular flexibility index (Phi) is 3.79. The fraction of sp³-hybridized carbons (Fsp3) is 0.667. The van der Waals surface area contributed by atoms with Gasteiger partial charge >= 0.3 is 0 Å². The van der Waals surface area contributed by atoms with Gasteiger partial charge in [0.1, 0.15) is 6.42 Å². The highest BCUT2D eigenvalue weighted by Crippen LogP contribution is 2.04. The summed E-state index contributed by atoms with van der Waals surface area (Å²) in [6.45, 7) is 2.42. The smallest absolute Gasteiger partial charge is 0.248 e. The fourth-order valence-electron chi connectivity index (χ4n) is 1.29. The zero-order valence-corrected chi connectivity index (χ0v) is 8.66. The summed E-state index contributed by atoms with van der Waals surface area (Å²) in [5, 5.41) is 2.36. The summed E-state index contributed by atoms with van der Waals surface area (Å²) in [7, 11) is 0. The molecule has 0 aliphatic carbocycles. The van der Waals surface area contributed by atoms with Gasteiger partial charge in [-0.05, 0) is 12.5 Å². The summed E-state index contributed by atoms with van der Waals surface area (Å²) in [6, 6.07) is 0. The van der Waals surface area contributed by atoms with Gasteiger partial charge in [0.2, 0.25) is 17.7 Å². The highest BCUT2D eigenvalue weighted by Gasteiger charge is 2.28. The van der Waals surface area contributed by atoms with Crippen LogP contribution >= 0.6 is 0 Å². The Labute approximate surface area is 87.8 Å². The van der Waals surface area contributed by atoms with Gasteiger partial charge in [-0.2, -0.15) is 0 Å². The van der Waals surface area contributed by atoms with E-state index in [-0.39, 0.29) is 31.3 Å². The number of imide groups is 1. The van der Waals surface area contributed by atoms with Crippen LogP contribution in [0.4, 0.5) is 0 Å². The van der Waals surface area contributed by atoms with E-state index in [1.807, 2.05) is 6.92 Å². The van der Waals surface area contributed by atoms with Crippen LogP contribution in [-0.4, -0.2) is 42.3 Å². The fourth-order valence-corrected chi connectivity index (χ4v) is 1.29. The highest BCUT2D eigenvalue weighted by atomic mass is 16.2. The Hall–Kier alpha value is -1.43. The molecule has 0 aromatic carbocycles. The minimum Gasteiger partial charge on any atom is -0.347 e. The van der Waals surface area contributed by atoms with E-state index in [1.165, 1.54) is 0 Å². The average molecular weight is 213 g/mol. The lowest BCUT2D eigenvalue weighted by atomic mass is 10.1. The van der Waals surface area contributed by atoms with Crippen LogP contribution in [0.3, 0.4) is 0 Å². The van der Waals surface area contributed by atoms with Gasteiger partial charge in [-0.3, -0.25) is 19.3 Å². The summed E-state index contributed by atoms with van der Waals surface area (Å²) in [5.74, 6) is -1.18. The Balaban J connectivity index is 2.70. The first-order chi connectivity index (χ1) is 7.04. The maximum Gasteiger partial charge on any atom is 0.248 e. The molecule has 1 fully saturated rings. The lowest BCUT2D eigenvalue weighted by Gasteiger charge is -2.21. The Morgan fingerprint density at radius 2 is 2.07 bits per heavy atom. The van der Waals surface area contributed by atoms with Crippen molar-refractivity contribution < 1.29 is 14.4 Å². The van der Waals surface area contributed by atoms with E-state index >= 15 is 0 Å². The van der Waals surface area contributed by atoms with Crippen LogP contribution in [0, 0.1) is 5.92 Å². The zero-order valence-electron chi connectivity index (χ0n) is 8.66. The first-order valence-electron chi connectivity index (χ1n) is 4.84. The van der Waals surface area contributed by atoms with Gasteiger partial charge in [-0.15, -0.1) is 0 Å². The molecule has 3 N–H and O–H groups in total. The van der Waals surface area contributed by atoms with Crippen molar-refractivity contribution in [1.82, 2.24) is 10.2 Å². The second kappa shape index (κ2) is 4.88. The van der Waals surface area contributed by atoms with E-state index in [0.29, 0.717) is 6.54 Å². The van der Waals surface area contributed by atoms with Crippen LogP contribution in [0.2, 0.25) is 0 Å². The third-order valence-corrected chi connectivity index (χ3v) is 2.25. The normalized spacial score (nSPS) is 19.9. The molecule has 6 heteroatoms. The number of hydrogen-bond acceptors (Lipinski definition) is 4. The highest BCUT2D eigenvalue weighted by molar-refractivity contribution is 6.07. The third kappa shape index (κ3) is 3.02. The predicted molar refractivity (Wildman–Crippen MR) is 52.6 cm³/mol. The van der Waals surface area contributed by atoms with Crippen molar-refractivity contribution in [1.29, 1.82) is 0 Å². The second-order valence-electron chi connectivity index (χ2n) is 3.69. The van der Waals surface area contributed by atoms with Crippen molar-refractivity contribution in [2.24, 2.45) is 11.7 Å². The lowest BCUT2D eigenvalue weighted by molar-refractivity contribution is -0.143. The first-order valence-corrected chi connectivity index (χ1v) is 4.84. The maximum absolute atomic E-state index is 11.5. The van der Waals surface area contributed by atoms with Gasteiger partial charge in [-0.1, -0.05) is 6.92 Å².